The van der Waals surface area contributed by atoms with Crippen molar-refractivity contribution in [1.82, 2.24) is 14.4 Å². The molecule has 1 rings (SSSR count). The Hall–Kier alpha value is -0.550. The van der Waals surface area contributed by atoms with E-state index in [1.165, 1.54) is 11.9 Å². The molecule has 0 spiro atoms. The fourth-order valence-corrected chi connectivity index (χ4v) is 1.06. The molecule has 13 heavy (non-hydrogen) atoms. The standard InChI is InChI=1S/C8H15N3OS/c1-8(2,3)12-6-7-5-11(13-4)10-9-7/h5H,6H2,1-4H3. The summed E-state index contributed by atoms with van der Waals surface area (Å²) in [7, 11) is 0. The van der Waals surface area contributed by atoms with Crippen LogP contribution in [0.4, 0.5) is 0 Å². The van der Waals surface area contributed by atoms with Crippen molar-refractivity contribution < 1.29 is 4.74 Å². The SMILES string of the molecule is CSn1cc(COC(C)(C)C)nn1. The molecular weight excluding hydrogens is 186 g/mol. The summed E-state index contributed by atoms with van der Waals surface area (Å²) in [5, 5.41) is 7.84. The number of nitrogens with zero attached hydrogens (tertiary/aromatic N) is 3. The van der Waals surface area contributed by atoms with E-state index in [1.54, 1.807) is 4.09 Å². The average Bonchev–Trinajstić information content (AvgIpc) is 2.47. The topological polar surface area (TPSA) is 39.9 Å². The maximum absolute atomic E-state index is 5.55. The molecule has 0 aromatic carbocycles. The Kier molecular flexibility index (Phi) is 3.33. The van der Waals surface area contributed by atoms with Crippen molar-refractivity contribution in [2.24, 2.45) is 0 Å². The van der Waals surface area contributed by atoms with Gasteiger partial charge in [0, 0.05) is 6.26 Å². The molecule has 0 radical (unpaired) electrons. The lowest BCUT2D eigenvalue weighted by Crippen LogP contribution is -2.18. The van der Waals surface area contributed by atoms with Crippen LogP contribution < -0.4 is 0 Å². The summed E-state index contributed by atoms with van der Waals surface area (Å²) in [6.07, 6.45) is 3.82. The van der Waals surface area contributed by atoms with E-state index in [2.05, 4.69) is 10.3 Å². The third kappa shape index (κ3) is 3.78. The fourth-order valence-electron chi connectivity index (χ4n) is 0.726. The molecule has 1 heterocycles. The second-order valence-electron chi connectivity index (χ2n) is 3.70. The first kappa shape index (κ1) is 10.5. The van der Waals surface area contributed by atoms with Gasteiger partial charge in [-0.1, -0.05) is 5.21 Å². The molecular formula is C8H15N3OS. The van der Waals surface area contributed by atoms with E-state index in [9.17, 15) is 0 Å². The Labute approximate surface area is 82.8 Å². The van der Waals surface area contributed by atoms with Crippen LogP contribution in [0.3, 0.4) is 0 Å². The molecule has 0 fully saturated rings. The Bertz CT molecular complexity index is 267. The fraction of sp³-hybridized carbons (Fsp3) is 0.750. The van der Waals surface area contributed by atoms with E-state index in [4.69, 9.17) is 4.74 Å². The minimum Gasteiger partial charge on any atom is -0.369 e. The van der Waals surface area contributed by atoms with Crippen LogP contribution in [-0.2, 0) is 11.3 Å². The van der Waals surface area contributed by atoms with Crippen LogP contribution in [0.25, 0.3) is 0 Å². The molecule has 1 aromatic rings. The van der Waals surface area contributed by atoms with Crippen LogP contribution in [0.2, 0.25) is 0 Å². The van der Waals surface area contributed by atoms with Crippen LogP contribution in [0.5, 0.6) is 0 Å². The third-order valence-electron chi connectivity index (χ3n) is 1.36. The minimum atomic E-state index is -0.122. The first-order valence-electron chi connectivity index (χ1n) is 4.11. The lowest BCUT2D eigenvalue weighted by molar-refractivity contribution is -0.0165. The lowest BCUT2D eigenvalue weighted by atomic mass is 10.2. The van der Waals surface area contributed by atoms with Crippen molar-refractivity contribution in [3.63, 3.8) is 0 Å². The molecule has 0 atom stereocenters. The van der Waals surface area contributed by atoms with E-state index >= 15 is 0 Å². The van der Waals surface area contributed by atoms with Gasteiger partial charge in [-0.15, -0.1) is 5.10 Å². The van der Waals surface area contributed by atoms with E-state index in [-0.39, 0.29) is 5.60 Å². The summed E-state index contributed by atoms with van der Waals surface area (Å²) in [5.41, 5.74) is 0.743. The van der Waals surface area contributed by atoms with Gasteiger partial charge in [0.15, 0.2) is 0 Å². The van der Waals surface area contributed by atoms with Crippen molar-refractivity contribution in [3.05, 3.63) is 11.9 Å². The molecule has 0 saturated heterocycles. The molecule has 74 valence electrons. The summed E-state index contributed by atoms with van der Waals surface area (Å²) < 4.78 is 7.26. The van der Waals surface area contributed by atoms with Gasteiger partial charge in [-0.05, 0) is 32.7 Å². The van der Waals surface area contributed by atoms with E-state index in [1.807, 2.05) is 33.2 Å². The maximum atomic E-state index is 5.55. The number of ether oxygens (including phenoxy) is 1. The molecule has 0 N–H and O–H groups in total. The van der Waals surface area contributed by atoms with E-state index in [0.29, 0.717) is 6.61 Å². The smallest absolute Gasteiger partial charge is 0.110 e. The maximum Gasteiger partial charge on any atom is 0.110 e. The minimum absolute atomic E-state index is 0.122. The van der Waals surface area contributed by atoms with Gasteiger partial charge in [0.1, 0.15) is 5.69 Å². The first-order valence-corrected chi connectivity index (χ1v) is 5.29. The van der Waals surface area contributed by atoms with Crippen LogP contribution in [0.1, 0.15) is 26.5 Å². The number of hydrogen-bond acceptors (Lipinski definition) is 4. The molecule has 0 saturated carbocycles. The van der Waals surface area contributed by atoms with Crippen molar-refractivity contribution in [3.8, 4) is 0 Å². The van der Waals surface area contributed by atoms with Gasteiger partial charge in [-0.25, -0.2) is 0 Å². The van der Waals surface area contributed by atoms with Crippen LogP contribution in [0.15, 0.2) is 6.20 Å². The molecule has 0 aliphatic carbocycles. The normalized spacial score (nSPS) is 12.0. The van der Waals surface area contributed by atoms with Crippen molar-refractivity contribution in [2.75, 3.05) is 6.26 Å². The summed E-state index contributed by atoms with van der Waals surface area (Å²) >= 11 is 1.51. The largest absolute Gasteiger partial charge is 0.369 e. The predicted molar refractivity (Wildman–Crippen MR) is 53.5 cm³/mol. The van der Waals surface area contributed by atoms with Crippen molar-refractivity contribution in [2.45, 2.75) is 33.0 Å². The number of aromatic nitrogens is 3. The molecule has 4 nitrogen and oxygen atoms in total. The molecule has 0 aliphatic heterocycles. The summed E-state index contributed by atoms with van der Waals surface area (Å²) in [6.45, 7) is 6.58. The van der Waals surface area contributed by atoms with Gasteiger partial charge in [-0.2, -0.15) is 4.09 Å². The molecule has 5 heteroatoms. The predicted octanol–water partition coefficient (Wildman–Crippen LogP) is 1.72. The Morgan fingerprint density at radius 2 is 2.23 bits per heavy atom. The number of rotatable bonds is 3. The van der Waals surface area contributed by atoms with E-state index in [0.717, 1.165) is 5.69 Å². The second-order valence-corrected chi connectivity index (χ2v) is 4.44. The highest BCUT2D eigenvalue weighted by Gasteiger charge is 2.11. The van der Waals surface area contributed by atoms with Crippen LogP contribution in [0, 0.1) is 0 Å². The third-order valence-corrected chi connectivity index (χ3v) is 1.91. The van der Waals surface area contributed by atoms with Crippen molar-refractivity contribution in [1.29, 1.82) is 0 Å². The summed E-state index contributed by atoms with van der Waals surface area (Å²) in [4.78, 5) is 0. The highest BCUT2D eigenvalue weighted by molar-refractivity contribution is 7.97. The van der Waals surface area contributed by atoms with Gasteiger partial charge in [0.05, 0.1) is 18.4 Å². The molecule has 0 unspecified atom stereocenters. The molecule has 1 aromatic heterocycles. The molecule has 0 bridgehead atoms. The second kappa shape index (κ2) is 4.11. The highest BCUT2D eigenvalue weighted by Crippen LogP contribution is 2.10. The first-order chi connectivity index (χ1) is 6.01. The Morgan fingerprint density at radius 3 is 2.69 bits per heavy atom. The van der Waals surface area contributed by atoms with Gasteiger partial charge in [0.2, 0.25) is 0 Å². The summed E-state index contributed by atoms with van der Waals surface area (Å²) in [5.74, 6) is 0. The number of hydrogen-bond donors (Lipinski definition) is 0. The summed E-state index contributed by atoms with van der Waals surface area (Å²) in [6, 6.07) is 0. The van der Waals surface area contributed by atoms with Gasteiger partial charge < -0.3 is 4.74 Å². The van der Waals surface area contributed by atoms with Gasteiger partial charge in [0.25, 0.3) is 0 Å². The van der Waals surface area contributed by atoms with Gasteiger partial charge >= 0.3 is 0 Å². The van der Waals surface area contributed by atoms with Gasteiger partial charge in [-0.3, -0.25) is 0 Å². The molecule has 0 amide bonds. The quantitative estimate of drug-likeness (QED) is 0.746. The average molecular weight is 201 g/mol. The van der Waals surface area contributed by atoms with Crippen LogP contribution >= 0.6 is 11.9 Å². The van der Waals surface area contributed by atoms with E-state index < -0.39 is 0 Å². The molecule has 0 aliphatic rings. The monoisotopic (exact) mass is 201 g/mol. The lowest BCUT2D eigenvalue weighted by Gasteiger charge is -2.18. The Balaban J connectivity index is 2.46. The highest BCUT2D eigenvalue weighted by atomic mass is 32.2. The zero-order chi connectivity index (χ0) is 9.90. The Morgan fingerprint density at radius 1 is 1.54 bits per heavy atom. The zero-order valence-corrected chi connectivity index (χ0v) is 9.26. The zero-order valence-electron chi connectivity index (χ0n) is 8.44. The van der Waals surface area contributed by atoms with Crippen molar-refractivity contribution >= 4 is 11.9 Å². The van der Waals surface area contributed by atoms with Crippen LogP contribution in [-0.4, -0.2) is 26.3 Å².